The second-order valence-corrected chi connectivity index (χ2v) is 10.1. The van der Waals surface area contributed by atoms with Crippen LogP contribution in [0.15, 0.2) is 64.0 Å². The van der Waals surface area contributed by atoms with Gasteiger partial charge in [-0.15, -0.1) is 0 Å². The molecule has 3 aromatic heterocycles. The summed E-state index contributed by atoms with van der Waals surface area (Å²) in [6.45, 7) is 3.30. The van der Waals surface area contributed by atoms with E-state index in [9.17, 15) is 13.6 Å². The molecule has 5 aromatic rings. The van der Waals surface area contributed by atoms with Crippen molar-refractivity contribution < 1.29 is 22.8 Å². The van der Waals surface area contributed by atoms with Crippen LogP contribution in [-0.4, -0.2) is 32.7 Å². The number of fused-ring (bicyclic) bond motifs is 3. The van der Waals surface area contributed by atoms with Gasteiger partial charge in [-0.2, -0.15) is 0 Å². The molecule has 0 saturated carbocycles. The number of H-pyrrole nitrogens is 1. The van der Waals surface area contributed by atoms with Gasteiger partial charge in [0.2, 0.25) is 0 Å². The quantitative estimate of drug-likeness (QED) is 0.333. The molecule has 8 nitrogen and oxygen atoms in total. The zero-order chi connectivity index (χ0) is 27.4. The predicted molar refractivity (Wildman–Crippen MR) is 142 cm³/mol. The highest BCUT2D eigenvalue weighted by Crippen LogP contribution is 2.41. The third-order valence-electron chi connectivity index (χ3n) is 7.61. The van der Waals surface area contributed by atoms with Crippen molar-refractivity contribution in [2.75, 3.05) is 13.2 Å². The molecule has 5 heterocycles. The third kappa shape index (κ3) is 4.21. The lowest BCUT2D eigenvalue weighted by atomic mass is 9.89. The average Bonchev–Trinajstić information content (AvgIpc) is 3.68. The van der Waals surface area contributed by atoms with Crippen LogP contribution in [0.4, 0.5) is 8.78 Å². The molecule has 2 aliphatic heterocycles. The fourth-order valence-electron chi connectivity index (χ4n) is 5.69. The lowest BCUT2D eigenvalue weighted by Gasteiger charge is -2.15. The fraction of sp³-hybridized carbons (Fsp3) is 0.233. The number of halogens is 2. The van der Waals surface area contributed by atoms with Gasteiger partial charge in [0.05, 0.1) is 18.0 Å². The van der Waals surface area contributed by atoms with Crippen LogP contribution in [0.3, 0.4) is 0 Å². The summed E-state index contributed by atoms with van der Waals surface area (Å²) >= 11 is 0. The maximum Gasteiger partial charge on any atom is 0.439 e. The van der Waals surface area contributed by atoms with E-state index in [1.54, 1.807) is 12.3 Å². The van der Waals surface area contributed by atoms with E-state index in [2.05, 4.69) is 16.2 Å². The minimum Gasteiger partial charge on any atom is -0.488 e. The van der Waals surface area contributed by atoms with Crippen LogP contribution in [0.2, 0.25) is 0 Å². The Hall–Kier alpha value is -4.57. The summed E-state index contributed by atoms with van der Waals surface area (Å²) in [6.07, 6.45) is 3.14. The Morgan fingerprint density at radius 3 is 2.75 bits per heavy atom. The largest absolute Gasteiger partial charge is 0.488 e. The summed E-state index contributed by atoms with van der Waals surface area (Å²) < 4.78 is 46.6. The molecule has 1 N–H and O–H groups in total. The van der Waals surface area contributed by atoms with Crippen LogP contribution < -0.4 is 10.5 Å². The molecule has 0 amide bonds. The van der Waals surface area contributed by atoms with E-state index < -0.39 is 11.6 Å². The van der Waals surface area contributed by atoms with Crippen molar-refractivity contribution in [2.24, 2.45) is 0 Å². The third-order valence-corrected chi connectivity index (χ3v) is 7.61. The summed E-state index contributed by atoms with van der Waals surface area (Å²) in [5.41, 5.74) is 7.34. The molecule has 7 rings (SSSR count). The van der Waals surface area contributed by atoms with Crippen LogP contribution in [0.1, 0.15) is 58.7 Å². The zero-order valence-corrected chi connectivity index (χ0v) is 21.5. The zero-order valence-electron chi connectivity index (χ0n) is 21.5. The summed E-state index contributed by atoms with van der Waals surface area (Å²) in [5, 5.41) is 3.87. The molecule has 10 heteroatoms. The van der Waals surface area contributed by atoms with E-state index in [1.165, 1.54) is 24.3 Å². The topological polar surface area (TPSA) is 94.7 Å². The number of aromatic amines is 1. The standard InChI is InChI=1S/C30H24F2N4O4/c1-16(29-34-30(37)40-35-29)27-22-4-2-17(10-19(22)15-39-25-12-20(31)3-5-23(25)27)11-24-28(18-7-9-38-14-18)33-26-13-21(32)6-8-36(24)26/h2-6,8,10,12-13,18H,7,9,11,14-15H2,1H3,(H,34,35,37). The lowest BCUT2D eigenvalue weighted by Crippen LogP contribution is -2.06. The van der Waals surface area contributed by atoms with E-state index >= 15 is 0 Å². The van der Waals surface area contributed by atoms with Crippen molar-refractivity contribution in [3.63, 3.8) is 0 Å². The Morgan fingerprint density at radius 1 is 1.10 bits per heavy atom. The van der Waals surface area contributed by atoms with Crippen molar-refractivity contribution in [3.8, 4) is 5.75 Å². The number of imidazole rings is 1. The molecule has 40 heavy (non-hydrogen) atoms. The lowest BCUT2D eigenvalue weighted by molar-refractivity contribution is 0.193. The van der Waals surface area contributed by atoms with Gasteiger partial charge in [0.25, 0.3) is 0 Å². The van der Waals surface area contributed by atoms with E-state index in [-0.39, 0.29) is 24.2 Å². The van der Waals surface area contributed by atoms with Gasteiger partial charge in [-0.05, 0) is 53.8 Å². The molecular formula is C30H24F2N4O4. The van der Waals surface area contributed by atoms with Gasteiger partial charge in [0.15, 0.2) is 5.82 Å². The number of ether oxygens (including phenoxy) is 2. The van der Waals surface area contributed by atoms with E-state index in [4.69, 9.17) is 19.0 Å². The highest BCUT2D eigenvalue weighted by atomic mass is 19.1. The monoisotopic (exact) mass is 542 g/mol. The maximum absolute atomic E-state index is 14.2. The molecule has 2 aliphatic rings. The minimum atomic E-state index is -0.661. The fourth-order valence-corrected chi connectivity index (χ4v) is 5.69. The highest BCUT2D eigenvalue weighted by molar-refractivity contribution is 5.99. The van der Waals surface area contributed by atoms with Gasteiger partial charge in [-0.3, -0.25) is 9.51 Å². The van der Waals surface area contributed by atoms with Gasteiger partial charge in [-0.1, -0.05) is 23.4 Å². The molecule has 1 saturated heterocycles. The van der Waals surface area contributed by atoms with Crippen molar-refractivity contribution in [2.45, 2.75) is 32.3 Å². The Kier molecular flexibility index (Phi) is 5.85. The van der Waals surface area contributed by atoms with Gasteiger partial charge in [0.1, 0.15) is 29.6 Å². The molecule has 1 fully saturated rings. The number of hydrogen-bond donors (Lipinski definition) is 1. The number of hydrogen-bond acceptors (Lipinski definition) is 6. The van der Waals surface area contributed by atoms with Gasteiger partial charge in [-0.25, -0.2) is 18.6 Å². The molecule has 0 spiro atoms. The molecular weight excluding hydrogens is 518 g/mol. The summed E-state index contributed by atoms with van der Waals surface area (Å²) in [6, 6.07) is 13.4. The second kappa shape index (κ2) is 9.56. The second-order valence-electron chi connectivity index (χ2n) is 10.1. The number of rotatable bonds is 4. The van der Waals surface area contributed by atoms with Gasteiger partial charge >= 0.3 is 5.76 Å². The van der Waals surface area contributed by atoms with E-state index in [0.717, 1.165) is 40.1 Å². The first-order valence-electron chi connectivity index (χ1n) is 13.0. The van der Waals surface area contributed by atoms with E-state index in [0.29, 0.717) is 42.2 Å². The molecule has 202 valence electrons. The Balaban J connectivity index is 1.35. The average molecular weight is 543 g/mol. The SMILES string of the molecule is CC(=C1c2ccc(Cc3c(C4CCOC4)nc4cc(F)ccn34)cc2COc2cc(F)ccc21)c1noc(=O)[nH]1. The first-order chi connectivity index (χ1) is 19.4. The van der Waals surface area contributed by atoms with Crippen molar-refractivity contribution in [1.29, 1.82) is 0 Å². The molecule has 2 aromatic carbocycles. The van der Waals surface area contributed by atoms with Gasteiger partial charge < -0.3 is 13.9 Å². The smallest absolute Gasteiger partial charge is 0.439 e. The Bertz CT molecular complexity index is 1860. The Morgan fingerprint density at radius 2 is 1.95 bits per heavy atom. The predicted octanol–water partition coefficient (Wildman–Crippen LogP) is 5.25. The number of nitrogens with one attached hydrogen (secondary N) is 1. The van der Waals surface area contributed by atoms with Crippen molar-refractivity contribution in [1.82, 2.24) is 19.5 Å². The van der Waals surface area contributed by atoms with E-state index in [1.807, 2.05) is 23.5 Å². The summed E-state index contributed by atoms with van der Waals surface area (Å²) in [4.78, 5) is 19.1. The molecule has 0 aliphatic carbocycles. The summed E-state index contributed by atoms with van der Waals surface area (Å²) in [7, 11) is 0. The first-order valence-corrected chi connectivity index (χ1v) is 13.0. The van der Waals surface area contributed by atoms with Crippen molar-refractivity contribution >= 4 is 16.8 Å². The number of allylic oxidation sites excluding steroid dienone is 1. The number of nitrogens with zero attached hydrogens (tertiary/aromatic N) is 3. The maximum atomic E-state index is 14.2. The van der Waals surface area contributed by atoms with Crippen LogP contribution in [0.25, 0.3) is 16.8 Å². The van der Waals surface area contributed by atoms with Gasteiger partial charge in [0, 0.05) is 48.4 Å². The molecule has 1 unspecified atom stereocenters. The van der Waals surface area contributed by atoms with Crippen LogP contribution in [0, 0.1) is 11.6 Å². The van der Waals surface area contributed by atoms with Crippen molar-refractivity contribution in [3.05, 3.63) is 116 Å². The number of aromatic nitrogens is 4. The van der Waals surface area contributed by atoms with Crippen LogP contribution in [-0.2, 0) is 17.8 Å². The molecule has 1 atom stereocenters. The molecule has 0 radical (unpaired) electrons. The highest BCUT2D eigenvalue weighted by Gasteiger charge is 2.27. The first kappa shape index (κ1) is 24.5. The molecule has 0 bridgehead atoms. The number of benzene rings is 2. The van der Waals surface area contributed by atoms with Crippen LogP contribution >= 0.6 is 0 Å². The minimum absolute atomic E-state index is 0.147. The Labute approximate surface area is 226 Å². The normalized spacial score (nSPS) is 17.8. The number of pyridine rings is 1. The van der Waals surface area contributed by atoms with Crippen LogP contribution in [0.5, 0.6) is 5.75 Å². The summed E-state index contributed by atoms with van der Waals surface area (Å²) in [5.74, 6) is -0.581.